The number of fused-ring (bicyclic) bond motifs is 2. The van der Waals surface area contributed by atoms with Crippen LogP contribution in [0.4, 0.5) is 17.2 Å². The number of imide groups is 1. The van der Waals surface area contributed by atoms with Gasteiger partial charge in [-0.25, -0.2) is 9.97 Å². The lowest BCUT2D eigenvalue weighted by Gasteiger charge is -2.29. The number of ether oxygens (including phenoxy) is 3. The summed E-state index contributed by atoms with van der Waals surface area (Å²) in [5.74, 6) is -0.371. The summed E-state index contributed by atoms with van der Waals surface area (Å²) in [5, 5.41) is 9.81. The summed E-state index contributed by atoms with van der Waals surface area (Å²) in [5.41, 5.74) is 8.88. The van der Waals surface area contributed by atoms with Crippen LogP contribution >= 0.6 is 0 Å². The van der Waals surface area contributed by atoms with Crippen LogP contribution < -0.4 is 21.7 Å². The van der Waals surface area contributed by atoms with Crippen LogP contribution in [0.2, 0.25) is 0 Å². The Kier molecular flexibility index (Phi) is 9.31. The Balaban J connectivity index is 1.19. The summed E-state index contributed by atoms with van der Waals surface area (Å²) < 4.78 is 16.0. The third kappa shape index (κ3) is 6.77. The van der Waals surface area contributed by atoms with Crippen molar-refractivity contribution in [1.29, 1.82) is 0 Å². The van der Waals surface area contributed by atoms with E-state index in [1.165, 1.54) is 11.2 Å². The Morgan fingerprint density at radius 2 is 1.80 bits per heavy atom. The SMILES string of the molecule is NCOCCOCCOCCNc1cccc2c(Nc3ccc4c(c3)C(=O)N(C3CCC(=O)NC3=O)C4)ncnc12. The molecule has 13 nitrogen and oxygen atoms in total. The van der Waals surface area contributed by atoms with E-state index in [2.05, 4.69) is 25.9 Å². The lowest BCUT2D eigenvalue weighted by atomic mass is 10.0. The van der Waals surface area contributed by atoms with Gasteiger partial charge in [0.25, 0.3) is 5.91 Å². The second-order valence-corrected chi connectivity index (χ2v) is 9.55. The summed E-state index contributed by atoms with van der Waals surface area (Å²) in [6.45, 7) is 3.49. The van der Waals surface area contributed by atoms with Gasteiger partial charge in [0.1, 0.15) is 18.2 Å². The smallest absolute Gasteiger partial charge is 0.255 e. The molecule has 1 saturated heterocycles. The molecule has 216 valence electrons. The molecule has 3 aromatic rings. The van der Waals surface area contributed by atoms with Gasteiger partial charge in [0.05, 0.1) is 51.0 Å². The number of nitrogens with one attached hydrogen (secondary N) is 3. The standard InChI is InChI=1S/C28H33N7O6/c29-16-41-13-12-40-11-10-39-9-8-30-22-3-1-2-20-25(22)31-17-32-26(20)33-19-5-4-18-15-35(28(38)21(18)14-19)23-6-7-24(36)34-27(23)37/h1-5,14,17,23,30H,6-13,15-16,29H2,(H,31,32,33)(H,34,36,37). The number of rotatable bonds is 14. The molecule has 1 aromatic heterocycles. The van der Waals surface area contributed by atoms with Crippen molar-refractivity contribution in [3.8, 4) is 0 Å². The summed E-state index contributed by atoms with van der Waals surface area (Å²) in [6, 6.07) is 10.7. The Morgan fingerprint density at radius 1 is 1.00 bits per heavy atom. The lowest BCUT2D eigenvalue weighted by Crippen LogP contribution is -2.52. The van der Waals surface area contributed by atoms with Crippen LogP contribution in [0.1, 0.15) is 28.8 Å². The quantitative estimate of drug-likeness (QED) is 0.127. The average molecular weight is 564 g/mol. The third-order valence-corrected chi connectivity index (χ3v) is 6.88. The summed E-state index contributed by atoms with van der Waals surface area (Å²) in [4.78, 5) is 47.5. The molecule has 0 bridgehead atoms. The fraction of sp³-hybridized carbons (Fsp3) is 0.393. The summed E-state index contributed by atoms with van der Waals surface area (Å²) in [6.07, 6.45) is 2.03. The minimum absolute atomic E-state index is 0.185. The molecular formula is C28H33N7O6. The van der Waals surface area contributed by atoms with Gasteiger partial charge in [0.15, 0.2) is 0 Å². The summed E-state index contributed by atoms with van der Waals surface area (Å²) >= 11 is 0. The Morgan fingerprint density at radius 3 is 2.61 bits per heavy atom. The fourth-order valence-corrected chi connectivity index (χ4v) is 4.88. The maximum atomic E-state index is 13.2. The van der Waals surface area contributed by atoms with E-state index in [0.29, 0.717) is 69.6 Å². The molecule has 1 atom stereocenters. The Labute approximate surface area is 236 Å². The van der Waals surface area contributed by atoms with Crippen molar-refractivity contribution in [2.75, 3.05) is 56.9 Å². The molecule has 0 saturated carbocycles. The fourth-order valence-electron chi connectivity index (χ4n) is 4.88. The molecule has 2 aromatic carbocycles. The van der Waals surface area contributed by atoms with E-state index < -0.39 is 11.9 Å². The van der Waals surface area contributed by atoms with Crippen LogP contribution in [0.15, 0.2) is 42.7 Å². The number of aromatic nitrogens is 2. The highest BCUT2D eigenvalue weighted by Crippen LogP contribution is 2.32. The predicted octanol–water partition coefficient (Wildman–Crippen LogP) is 1.51. The number of benzene rings is 2. The molecule has 5 N–H and O–H groups in total. The molecule has 0 radical (unpaired) electrons. The van der Waals surface area contributed by atoms with Crippen LogP contribution in [0.5, 0.6) is 0 Å². The minimum Gasteiger partial charge on any atom is -0.381 e. The molecule has 3 amide bonds. The zero-order valence-corrected chi connectivity index (χ0v) is 22.6. The van der Waals surface area contributed by atoms with E-state index in [1.807, 2.05) is 30.3 Å². The van der Waals surface area contributed by atoms with Gasteiger partial charge in [-0.15, -0.1) is 0 Å². The van der Waals surface area contributed by atoms with E-state index >= 15 is 0 Å². The highest BCUT2D eigenvalue weighted by molar-refractivity contribution is 6.06. The van der Waals surface area contributed by atoms with Gasteiger partial charge in [-0.05, 0) is 36.2 Å². The van der Waals surface area contributed by atoms with Gasteiger partial charge < -0.3 is 35.5 Å². The molecular weight excluding hydrogens is 530 g/mol. The van der Waals surface area contributed by atoms with E-state index in [4.69, 9.17) is 19.9 Å². The molecule has 1 unspecified atom stereocenters. The van der Waals surface area contributed by atoms with E-state index in [1.54, 1.807) is 6.07 Å². The predicted molar refractivity (Wildman–Crippen MR) is 150 cm³/mol. The molecule has 0 aliphatic carbocycles. The first-order valence-electron chi connectivity index (χ1n) is 13.5. The number of anilines is 3. The van der Waals surface area contributed by atoms with Crippen LogP contribution in [0, 0.1) is 0 Å². The van der Waals surface area contributed by atoms with Crippen molar-refractivity contribution >= 4 is 45.8 Å². The normalized spacial score (nSPS) is 16.7. The average Bonchev–Trinajstić information content (AvgIpc) is 3.29. The highest BCUT2D eigenvalue weighted by atomic mass is 16.5. The van der Waals surface area contributed by atoms with E-state index in [0.717, 1.165) is 22.2 Å². The van der Waals surface area contributed by atoms with Crippen molar-refractivity contribution in [1.82, 2.24) is 20.2 Å². The number of nitrogens with two attached hydrogens (primary N) is 1. The molecule has 5 rings (SSSR count). The minimum atomic E-state index is -0.652. The molecule has 2 aliphatic rings. The van der Waals surface area contributed by atoms with Gasteiger partial charge in [-0.1, -0.05) is 12.1 Å². The Hall–Kier alpha value is -4.17. The number of amides is 3. The first-order valence-corrected chi connectivity index (χ1v) is 13.5. The van der Waals surface area contributed by atoms with Gasteiger partial charge in [0.2, 0.25) is 11.8 Å². The maximum Gasteiger partial charge on any atom is 0.255 e. The van der Waals surface area contributed by atoms with Crippen LogP contribution in [0.25, 0.3) is 10.9 Å². The Bertz CT molecular complexity index is 1420. The molecule has 2 aliphatic heterocycles. The number of hydrogen-bond acceptors (Lipinski definition) is 11. The van der Waals surface area contributed by atoms with Gasteiger partial charge in [0, 0.05) is 36.1 Å². The van der Waals surface area contributed by atoms with Crippen molar-refractivity contribution < 1.29 is 28.6 Å². The number of carbonyl (C=O) groups is 3. The second kappa shape index (κ2) is 13.5. The third-order valence-electron chi connectivity index (χ3n) is 6.88. The van der Waals surface area contributed by atoms with Crippen molar-refractivity contribution in [2.45, 2.75) is 25.4 Å². The van der Waals surface area contributed by atoms with Crippen LogP contribution in [-0.4, -0.2) is 84.9 Å². The number of para-hydroxylation sites is 1. The zero-order valence-electron chi connectivity index (χ0n) is 22.6. The maximum absolute atomic E-state index is 13.2. The summed E-state index contributed by atoms with van der Waals surface area (Å²) in [7, 11) is 0. The second-order valence-electron chi connectivity index (χ2n) is 9.55. The van der Waals surface area contributed by atoms with Crippen molar-refractivity contribution in [2.24, 2.45) is 5.73 Å². The molecule has 3 heterocycles. The highest BCUT2D eigenvalue weighted by Gasteiger charge is 2.39. The monoisotopic (exact) mass is 563 g/mol. The number of nitrogens with zero attached hydrogens (tertiary/aromatic N) is 3. The van der Waals surface area contributed by atoms with E-state index in [-0.39, 0.29) is 25.0 Å². The molecule has 1 fully saturated rings. The van der Waals surface area contributed by atoms with Crippen LogP contribution in [0.3, 0.4) is 0 Å². The number of piperidine rings is 1. The number of carbonyl (C=O) groups excluding carboxylic acids is 3. The van der Waals surface area contributed by atoms with Gasteiger partial charge in [-0.2, -0.15) is 0 Å². The molecule has 0 spiro atoms. The number of hydrogen-bond donors (Lipinski definition) is 4. The zero-order chi connectivity index (χ0) is 28.6. The lowest BCUT2D eigenvalue weighted by molar-refractivity contribution is -0.136. The van der Waals surface area contributed by atoms with Gasteiger partial charge >= 0.3 is 0 Å². The van der Waals surface area contributed by atoms with E-state index in [9.17, 15) is 14.4 Å². The largest absolute Gasteiger partial charge is 0.381 e. The van der Waals surface area contributed by atoms with Gasteiger partial charge in [-0.3, -0.25) is 19.7 Å². The van der Waals surface area contributed by atoms with Crippen molar-refractivity contribution in [3.63, 3.8) is 0 Å². The van der Waals surface area contributed by atoms with Crippen molar-refractivity contribution in [3.05, 3.63) is 53.9 Å². The molecule has 41 heavy (non-hydrogen) atoms. The topological polar surface area (TPSA) is 170 Å². The first kappa shape index (κ1) is 28.4. The molecule has 13 heteroatoms. The van der Waals surface area contributed by atoms with Crippen LogP contribution in [-0.2, 0) is 30.3 Å². The first-order chi connectivity index (χ1) is 20.0.